The number of benzene rings is 2. The number of anilines is 2. The lowest BCUT2D eigenvalue weighted by molar-refractivity contribution is 0.100. The minimum Gasteiger partial charge on any atom is -0.322 e. The highest BCUT2D eigenvalue weighted by atomic mass is 16.2. The van der Waals surface area contributed by atoms with Crippen LogP contribution in [0.2, 0.25) is 0 Å². The summed E-state index contributed by atoms with van der Waals surface area (Å²) >= 11 is 0. The zero-order valence-electron chi connectivity index (χ0n) is 15.5. The van der Waals surface area contributed by atoms with Gasteiger partial charge in [0.05, 0.1) is 11.6 Å². The molecule has 0 atom stereocenters. The predicted molar refractivity (Wildman–Crippen MR) is 108 cm³/mol. The molecule has 0 radical (unpaired) electrons. The molecule has 7 heteroatoms. The Kier molecular flexibility index (Phi) is 5.76. The zero-order chi connectivity index (χ0) is 20.8. The lowest BCUT2D eigenvalue weighted by Gasteiger charge is -2.08. The van der Waals surface area contributed by atoms with Crippen LogP contribution in [0.1, 0.15) is 43.7 Å². The number of hydrogen-bond donors (Lipinski definition) is 2. The van der Waals surface area contributed by atoms with Gasteiger partial charge in [-0.25, -0.2) is 0 Å². The van der Waals surface area contributed by atoms with Crippen molar-refractivity contribution >= 4 is 29.0 Å². The van der Waals surface area contributed by atoms with E-state index >= 15 is 0 Å². The Morgan fingerprint density at radius 3 is 2.28 bits per heavy atom. The summed E-state index contributed by atoms with van der Waals surface area (Å²) < 4.78 is 0. The van der Waals surface area contributed by atoms with Gasteiger partial charge in [0.2, 0.25) is 0 Å². The fourth-order valence-corrected chi connectivity index (χ4v) is 2.55. The van der Waals surface area contributed by atoms with Crippen molar-refractivity contribution in [2.75, 3.05) is 10.6 Å². The molecular formula is C22H16N4O3. The smallest absolute Gasteiger partial charge is 0.274 e. The molecule has 0 bridgehead atoms. The highest BCUT2D eigenvalue weighted by Gasteiger charge is 2.13. The summed E-state index contributed by atoms with van der Waals surface area (Å²) in [4.78, 5) is 40.2. The minimum atomic E-state index is -0.499. The topological polar surface area (TPSA) is 112 Å². The van der Waals surface area contributed by atoms with E-state index in [0.717, 1.165) is 0 Å². The predicted octanol–water partition coefficient (Wildman–Crippen LogP) is 3.66. The van der Waals surface area contributed by atoms with E-state index in [2.05, 4.69) is 15.6 Å². The van der Waals surface area contributed by atoms with Gasteiger partial charge in [-0.1, -0.05) is 6.07 Å². The highest BCUT2D eigenvalue weighted by molar-refractivity contribution is 6.08. The van der Waals surface area contributed by atoms with Crippen LogP contribution in [0.25, 0.3) is 0 Å². The number of rotatable bonds is 5. The van der Waals surface area contributed by atoms with E-state index in [1.54, 1.807) is 48.5 Å². The molecule has 1 aromatic heterocycles. The lowest BCUT2D eigenvalue weighted by atomic mass is 10.1. The second-order valence-electron chi connectivity index (χ2n) is 6.16. The molecule has 2 aromatic carbocycles. The second kappa shape index (κ2) is 8.59. The average Bonchev–Trinajstić information content (AvgIpc) is 2.74. The Bertz CT molecular complexity index is 1130. The van der Waals surface area contributed by atoms with Crippen molar-refractivity contribution in [3.05, 3.63) is 89.2 Å². The molecule has 0 aliphatic rings. The third-order valence-electron chi connectivity index (χ3n) is 4.05. The number of hydrogen-bond acceptors (Lipinski definition) is 5. The van der Waals surface area contributed by atoms with E-state index in [4.69, 9.17) is 5.26 Å². The molecule has 29 heavy (non-hydrogen) atoms. The summed E-state index contributed by atoms with van der Waals surface area (Å²) in [6.07, 6.45) is 1.37. The van der Waals surface area contributed by atoms with Crippen LogP contribution < -0.4 is 10.6 Å². The summed E-state index contributed by atoms with van der Waals surface area (Å²) in [5, 5.41) is 14.3. The summed E-state index contributed by atoms with van der Waals surface area (Å²) in [5.74, 6) is -0.975. The van der Waals surface area contributed by atoms with Crippen LogP contribution in [-0.4, -0.2) is 22.6 Å². The van der Waals surface area contributed by atoms with Crippen LogP contribution in [0.4, 0.5) is 11.4 Å². The number of pyridine rings is 1. The third kappa shape index (κ3) is 4.90. The quantitative estimate of drug-likeness (QED) is 0.652. The van der Waals surface area contributed by atoms with Crippen molar-refractivity contribution in [2.45, 2.75) is 6.92 Å². The van der Waals surface area contributed by atoms with Crippen molar-refractivity contribution < 1.29 is 14.4 Å². The second-order valence-corrected chi connectivity index (χ2v) is 6.16. The maximum Gasteiger partial charge on any atom is 0.274 e. The highest BCUT2D eigenvalue weighted by Crippen LogP contribution is 2.14. The van der Waals surface area contributed by atoms with E-state index in [1.807, 2.05) is 6.07 Å². The molecule has 0 saturated carbocycles. The Labute approximate surface area is 167 Å². The van der Waals surface area contributed by atoms with Gasteiger partial charge in [0.1, 0.15) is 5.69 Å². The minimum absolute atomic E-state index is 0.0620. The number of ketones is 1. The molecule has 7 nitrogen and oxygen atoms in total. The number of amides is 2. The van der Waals surface area contributed by atoms with Crippen LogP contribution in [-0.2, 0) is 0 Å². The van der Waals surface area contributed by atoms with Crippen LogP contribution in [0.5, 0.6) is 0 Å². The van der Waals surface area contributed by atoms with Crippen molar-refractivity contribution in [2.24, 2.45) is 0 Å². The number of carbonyl (C=O) groups is 3. The van der Waals surface area contributed by atoms with Gasteiger partial charge < -0.3 is 10.6 Å². The van der Waals surface area contributed by atoms with Crippen molar-refractivity contribution in [3.8, 4) is 6.07 Å². The van der Waals surface area contributed by atoms with Crippen LogP contribution in [0.3, 0.4) is 0 Å². The van der Waals surface area contributed by atoms with Gasteiger partial charge in [-0.3, -0.25) is 19.4 Å². The summed E-state index contributed by atoms with van der Waals surface area (Å²) in [5.41, 5.74) is 2.26. The van der Waals surface area contributed by atoms with Gasteiger partial charge in [-0.15, -0.1) is 0 Å². The van der Waals surface area contributed by atoms with Gasteiger partial charge >= 0.3 is 0 Å². The third-order valence-corrected chi connectivity index (χ3v) is 4.05. The number of aromatic nitrogens is 1. The molecule has 142 valence electrons. The maximum atomic E-state index is 12.5. The number of carbonyl (C=O) groups excluding carboxylic acids is 3. The number of nitrogens with one attached hydrogen (secondary N) is 2. The molecule has 0 unspecified atom stereocenters. The van der Waals surface area contributed by atoms with Gasteiger partial charge in [0, 0.05) is 28.7 Å². The molecule has 0 aliphatic carbocycles. The number of nitriles is 1. The monoisotopic (exact) mass is 384 g/mol. The molecule has 3 rings (SSSR count). The Hall–Kier alpha value is -4.31. The molecule has 1 heterocycles. The molecule has 0 aliphatic heterocycles. The molecule has 0 spiro atoms. The van der Waals surface area contributed by atoms with Crippen molar-refractivity contribution in [1.82, 2.24) is 4.98 Å². The molecular weight excluding hydrogens is 368 g/mol. The summed E-state index contributed by atoms with van der Waals surface area (Å²) in [6.45, 7) is 1.47. The van der Waals surface area contributed by atoms with Crippen molar-refractivity contribution in [3.63, 3.8) is 0 Å². The Morgan fingerprint density at radius 1 is 0.862 bits per heavy atom. The molecule has 0 fully saturated rings. The Balaban J connectivity index is 1.72. The largest absolute Gasteiger partial charge is 0.322 e. The van der Waals surface area contributed by atoms with E-state index in [-0.39, 0.29) is 17.0 Å². The average molecular weight is 384 g/mol. The van der Waals surface area contributed by atoms with Gasteiger partial charge in [-0.2, -0.15) is 5.26 Å². The Morgan fingerprint density at radius 2 is 1.59 bits per heavy atom. The number of nitrogens with zero attached hydrogens (tertiary/aromatic N) is 2. The van der Waals surface area contributed by atoms with Crippen LogP contribution in [0, 0.1) is 11.3 Å². The molecule has 2 amide bonds. The molecule has 0 saturated heterocycles. The number of Topliss-reactive ketones (excluding diaryl/α,β-unsaturated/α-hetero) is 1. The fourth-order valence-electron chi connectivity index (χ4n) is 2.55. The first-order valence-corrected chi connectivity index (χ1v) is 8.66. The van der Waals surface area contributed by atoms with E-state index in [9.17, 15) is 14.4 Å². The van der Waals surface area contributed by atoms with Crippen LogP contribution in [0.15, 0.2) is 66.9 Å². The zero-order valence-corrected chi connectivity index (χ0v) is 15.5. The first-order chi connectivity index (χ1) is 14.0. The summed E-state index contributed by atoms with van der Waals surface area (Å²) in [6, 6.07) is 17.9. The lowest BCUT2D eigenvalue weighted by Crippen LogP contribution is -2.17. The van der Waals surface area contributed by atoms with Crippen molar-refractivity contribution in [1.29, 1.82) is 5.26 Å². The first kappa shape index (κ1) is 19.5. The maximum absolute atomic E-state index is 12.5. The molecule has 2 N–H and O–H groups in total. The van der Waals surface area contributed by atoms with Crippen LogP contribution >= 0.6 is 0 Å². The van der Waals surface area contributed by atoms with E-state index in [1.165, 1.54) is 25.3 Å². The molecule has 3 aromatic rings. The van der Waals surface area contributed by atoms with E-state index in [0.29, 0.717) is 22.5 Å². The van der Waals surface area contributed by atoms with Gasteiger partial charge in [0.15, 0.2) is 5.78 Å². The normalized spacial score (nSPS) is 9.93. The summed E-state index contributed by atoms with van der Waals surface area (Å²) in [7, 11) is 0. The van der Waals surface area contributed by atoms with Gasteiger partial charge in [0.25, 0.3) is 11.8 Å². The fraction of sp³-hybridized carbons (Fsp3) is 0.0455. The SMILES string of the molecule is CC(=O)c1ccc(NC(=O)c2ccnc(C(=O)Nc3cccc(C#N)c3)c2)cc1. The van der Waals surface area contributed by atoms with Gasteiger partial charge in [-0.05, 0) is 61.5 Å². The standard InChI is InChI=1S/C22H16N4O3/c1-14(27)16-5-7-18(8-6-16)25-21(28)17-9-10-24-20(12-17)22(29)26-19-4-2-3-15(11-19)13-23/h2-12H,1H3,(H,25,28)(H,26,29). The first-order valence-electron chi connectivity index (χ1n) is 8.66. The van der Waals surface area contributed by atoms with E-state index < -0.39 is 11.8 Å².